The first kappa shape index (κ1) is 17.9. The molecule has 1 unspecified atom stereocenters. The van der Waals surface area contributed by atoms with Gasteiger partial charge in [-0.25, -0.2) is 4.98 Å². The fraction of sp³-hybridized carbons (Fsp3) is 0.500. The van der Waals surface area contributed by atoms with E-state index in [9.17, 15) is 0 Å². The lowest BCUT2D eigenvalue weighted by molar-refractivity contribution is 0.120. The first-order valence-electron chi connectivity index (χ1n) is 9.44. The van der Waals surface area contributed by atoms with Gasteiger partial charge < -0.3 is 24.4 Å². The summed E-state index contributed by atoms with van der Waals surface area (Å²) in [5.41, 5.74) is 2.54. The van der Waals surface area contributed by atoms with E-state index in [0.29, 0.717) is 5.95 Å². The van der Waals surface area contributed by atoms with Crippen LogP contribution in [-0.2, 0) is 17.7 Å². The lowest BCUT2D eigenvalue weighted by Gasteiger charge is -2.30. The smallest absolute Gasteiger partial charge is 0.224 e. The summed E-state index contributed by atoms with van der Waals surface area (Å²) in [6.07, 6.45) is 5.25. The summed E-state index contributed by atoms with van der Waals surface area (Å²) in [6.45, 7) is 3.31. The highest BCUT2D eigenvalue weighted by Gasteiger charge is 2.21. The van der Waals surface area contributed by atoms with E-state index in [0.717, 1.165) is 62.8 Å². The van der Waals surface area contributed by atoms with Crippen LogP contribution in [0.4, 0.5) is 11.8 Å². The van der Waals surface area contributed by atoms with Crippen molar-refractivity contribution < 1.29 is 14.2 Å². The molecule has 0 bridgehead atoms. The monoisotopic (exact) mass is 370 g/mol. The van der Waals surface area contributed by atoms with E-state index in [1.165, 1.54) is 11.1 Å². The molecule has 2 aliphatic heterocycles. The Morgan fingerprint density at radius 3 is 2.78 bits per heavy atom. The minimum atomic E-state index is 0.265. The fourth-order valence-corrected chi connectivity index (χ4v) is 3.70. The van der Waals surface area contributed by atoms with E-state index in [2.05, 4.69) is 27.3 Å². The summed E-state index contributed by atoms with van der Waals surface area (Å²) >= 11 is 0. The van der Waals surface area contributed by atoms with Gasteiger partial charge in [-0.3, -0.25) is 0 Å². The lowest BCUT2D eigenvalue weighted by atomic mass is 9.99. The Hall–Kier alpha value is -2.54. The predicted molar refractivity (Wildman–Crippen MR) is 104 cm³/mol. The molecule has 7 heteroatoms. The Labute approximate surface area is 159 Å². The fourth-order valence-electron chi connectivity index (χ4n) is 3.70. The van der Waals surface area contributed by atoms with E-state index >= 15 is 0 Å². The highest BCUT2D eigenvalue weighted by Crippen LogP contribution is 2.34. The molecule has 1 aromatic carbocycles. The average molecular weight is 370 g/mol. The van der Waals surface area contributed by atoms with Crippen molar-refractivity contribution in [2.75, 3.05) is 44.1 Å². The van der Waals surface area contributed by atoms with Crippen molar-refractivity contribution in [3.63, 3.8) is 0 Å². The van der Waals surface area contributed by atoms with Gasteiger partial charge in [0.25, 0.3) is 0 Å². The molecular formula is C20H26N4O3. The number of fused-ring (bicyclic) bond motifs is 1. The molecule has 4 rings (SSSR count). The van der Waals surface area contributed by atoms with Crippen molar-refractivity contribution in [1.29, 1.82) is 0 Å². The van der Waals surface area contributed by atoms with Crippen molar-refractivity contribution in [2.45, 2.75) is 31.9 Å². The molecule has 1 atom stereocenters. The van der Waals surface area contributed by atoms with Gasteiger partial charge in [-0.2, -0.15) is 4.98 Å². The first-order chi connectivity index (χ1) is 13.3. The third kappa shape index (κ3) is 3.93. The summed E-state index contributed by atoms with van der Waals surface area (Å²) in [5, 5.41) is 3.31. The molecule has 0 saturated carbocycles. The van der Waals surface area contributed by atoms with E-state index in [-0.39, 0.29) is 6.10 Å². The zero-order valence-corrected chi connectivity index (χ0v) is 15.9. The maximum absolute atomic E-state index is 5.65. The van der Waals surface area contributed by atoms with Gasteiger partial charge in [0.05, 0.1) is 20.3 Å². The second-order valence-electron chi connectivity index (χ2n) is 6.90. The number of hydrogen-bond donors (Lipinski definition) is 1. The average Bonchev–Trinajstić information content (AvgIpc) is 3.24. The molecule has 2 aliphatic rings. The minimum Gasteiger partial charge on any atom is -0.493 e. The molecule has 1 aromatic heterocycles. The van der Waals surface area contributed by atoms with Gasteiger partial charge >= 0.3 is 0 Å². The third-order valence-corrected chi connectivity index (χ3v) is 5.19. The number of aromatic nitrogens is 2. The Balaban J connectivity index is 1.47. The molecule has 144 valence electrons. The Morgan fingerprint density at radius 2 is 2.04 bits per heavy atom. The van der Waals surface area contributed by atoms with Crippen molar-refractivity contribution in [1.82, 2.24) is 9.97 Å². The summed E-state index contributed by atoms with van der Waals surface area (Å²) in [4.78, 5) is 11.3. The zero-order chi connectivity index (χ0) is 18.6. The van der Waals surface area contributed by atoms with Crippen LogP contribution in [0.3, 0.4) is 0 Å². The number of anilines is 2. The van der Waals surface area contributed by atoms with Gasteiger partial charge in [-0.15, -0.1) is 0 Å². The van der Waals surface area contributed by atoms with Crippen LogP contribution in [0.25, 0.3) is 0 Å². The van der Waals surface area contributed by atoms with Crippen LogP contribution in [0.2, 0.25) is 0 Å². The Morgan fingerprint density at radius 1 is 1.22 bits per heavy atom. The zero-order valence-electron chi connectivity index (χ0n) is 15.9. The van der Waals surface area contributed by atoms with Crippen molar-refractivity contribution in [3.8, 4) is 11.5 Å². The van der Waals surface area contributed by atoms with Crippen molar-refractivity contribution in [2.24, 2.45) is 0 Å². The van der Waals surface area contributed by atoms with Gasteiger partial charge in [0.2, 0.25) is 5.95 Å². The molecule has 1 fully saturated rings. The quantitative estimate of drug-likeness (QED) is 0.838. The second-order valence-corrected chi connectivity index (χ2v) is 6.90. The molecule has 0 aliphatic carbocycles. The number of rotatable bonds is 6. The predicted octanol–water partition coefficient (Wildman–Crippen LogP) is 2.65. The molecule has 2 aromatic rings. The van der Waals surface area contributed by atoms with Gasteiger partial charge in [0.1, 0.15) is 5.82 Å². The van der Waals surface area contributed by atoms with Gasteiger partial charge in [0, 0.05) is 32.4 Å². The molecular weight excluding hydrogens is 344 g/mol. The van der Waals surface area contributed by atoms with E-state index in [4.69, 9.17) is 19.2 Å². The summed E-state index contributed by atoms with van der Waals surface area (Å²) in [5.74, 6) is 3.13. The Kier molecular flexibility index (Phi) is 5.29. The molecule has 0 spiro atoms. The van der Waals surface area contributed by atoms with Crippen LogP contribution < -0.4 is 19.7 Å². The number of nitrogens with one attached hydrogen (secondary N) is 1. The second kappa shape index (κ2) is 8.00. The van der Waals surface area contributed by atoms with Gasteiger partial charge in [-0.05, 0) is 48.6 Å². The van der Waals surface area contributed by atoms with Crippen LogP contribution in [0.1, 0.15) is 24.0 Å². The van der Waals surface area contributed by atoms with Crippen molar-refractivity contribution >= 4 is 11.8 Å². The number of hydrogen-bond acceptors (Lipinski definition) is 7. The molecule has 0 radical (unpaired) electrons. The highest BCUT2D eigenvalue weighted by molar-refractivity contribution is 5.52. The van der Waals surface area contributed by atoms with Crippen LogP contribution in [-0.4, -0.2) is 50.0 Å². The number of benzene rings is 1. The molecule has 0 amide bonds. The highest BCUT2D eigenvalue weighted by atomic mass is 16.5. The molecule has 27 heavy (non-hydrogen) atoms. The summed E-state index contributed by atoms with van der Waals surface area (Å²) in [6, 6.07) is 6.11. The number of ether oxygens (including phenoxy) is 3. The lowest BCUT2D eigenvalue weighted by Crippen LogP contribution is -2.31. The minimum absolute atomic E-state index is 0.265. The molecule has 1 saturated heterocycles. The van der Waals surface area contributed by atoms with Crippen molar-refractivity contribution in [3.05, 3.63) is 35.5 Å². The topological polar surface area (TPSA) is 68.7 Å². The van der Waals surface area contributed by atoms with Crippen LogP contribution >= 0.6 is 0 Å². The van der Waals surface area contributed by atoms with Gasteiger partial charge in [0.15, 0.2) is 11.5 Å². The van der Waals surface area contributed by atoms with Crippen LogP contribution in [0.15, 0.2) is 24.4 Å². The normalized spacial score (nSPS) is 18.9. The summed E-state index contributed by atoms with van der Waals surface area (Å²) < 4.78 is 16.5. The molecule has 1 N–H and O–H groups in total. The number of methoxy groups -OCH3 is 2. The molecule has 7 nitrogen and oxygen atoms in total. The molecule has 3 heterocycles. The van der Waals surface area contributed by atoms with Crippen LogP contribution in [0.5, 0.6) is 11.5 Å². The van der Waals surface area contributed by atoms with E-state index in [1.807, 2.05) is 12.3 Å². The largest absolute Gasteiger partial charge is 0.493 e. The maximum Gasteiger partial charge on any atom is 0.224 e. The SMILES string of the molecule is COc1cc2c(cc1OC)CN(c1ccnc(NCC3CCCO3)n1)CC2. The first-order valence-corrected chi connectivity index (χ1v) is 9.44. The maximum atomic E-state index is 5.65. The van der Waals surface area contributed by atoms with Gasteiger partial charge in [-0.1, -0.05) is 0 Å². The number of nitrogens with zero attached hydrogens (tertiary/aromatic N) is 3. The third-order valence-electron chi connectivity index (χ3n) is 5.19. The van der Waals surface area contributed by atoms with E-state index < -0.39 is 0 Å². The van der Waals surface area contributed by atoms with Crippen LogP contribution in [0, 0.1) is 0 Å². The van der Waals surface area contributed by atoms with E-state index in [1.54, 1.807) is 14.2 Å². The summed E-state index contributed by atoms with van der Waals surface area (Å²) in [7, 11) is 3.34. The Bertz CT molecular complexity index is 793. The standard InChI is InChI=1S/C20H26N4O3/c1-25-17-10-14-6-8-24(13-15(14)11-18(17)26-2)19-5-7-21-20(23-19)22-12-16-4-3-9-27-16/h5,7,10-11,16H,3-4,6,8-9,12-13H2,1-2H3,(H,21,22,23).